The molecule has 0 radical (unpaired) electrons. The number of rotatable bonds is 4. The Kier molecular flexibility index (Phi) is 4.33. The van der Waals surface area contributed by atoms with Crippen LogP contribution in [0.4, 0.5) is 0 Å². The number of aryl methyl sites for hydroxylation is 1. The van der Waals surface area contributed by atoms with Crippen LogP contribution in [0.25, 0.3) is 0 Å². The molecule has 0 bridgehead atoms. The van der Waals surface area contributed by atoms with Crippen molar-refractivity contribution < 1.29 is 4.74 Å². The van der Waals surface area contributed by atoms with E-state index in [0.29, 0.717) is 6.54 Å². The molecule has 0 saturated carbocycles. The van der Waals surface area contributed by atoms with Gasteiger partial charge in [0.2, 0.25) is 0 Å². The van der Waals surface area contributed by atoms with Gasteiger partial charge in [-0.25, -0.2) is 0 Å². The molecule has 0 aliphatic rings. The quantitative estimate of drug-likeness (QED) is 0.622. The molecule has 0 aliphatic heterocycles. The van der Waals surface area contributed by atoms with Gasteiger partial charge in [-0.05, 0) is 43.0 Å². The lowest BCUT2D eigenvalue weighted by molar-refractivity contribution is 0.408. The van der Waals surface area contributed by atoms with E-state index in [2.05, 4.69) is 31.3 Å². The Bertz CT molecular complexity index is 419. The molecule has 0 aliphatic carbocycles. The van der Waals surface area contributed by atoms with Crippen molar-refractivity contribution in [1.29, 1.82) is 5.26 Å². The summed E-state index contributed by atoms with van der Waals surface area (Å²) in [5, 5.41) is 11.6. The maximum Gasteiger partial charge on any atom is 0.124 e. The fraction of sp³-hybridized carbons (Fsp3) is 0.462. The number of nitrogens with zero attached hydrogens (tertiary/aromatic N) is 1. The van der Waals surface area contributed by atoms with Crippen LogP contribution < -0.4 is 10.1 Å². The van der Waals surface area contributed by atoms with Gasteiger partial charge in [-0.15, -0.1) is 0 Å². The summed E-state index contributed by atoms with van der Waals surface area (Å²) in [5.41, 5.74) is 4.77. The molecule has 16 heavy (non-hydrogen) atoms. The van der Waals surface area contributed by atoms with Crippen molar-refractivity contribution >= 4 is 0 Å². The lowest BCUT2D eigenvalue weighted by atomic mass is 9.98. The summed E-state index contributed by atoms with van der Waals surface area (Å²) in [7, 11) is 1.70. The van der Waals surface area contributed by atoms with E-state index in [1.807, 2.05) is 6.92 Å². The second kappa shape index (κ2) is 5.53. The molecule has 0 atom stereocenters. The van der Waals surface area contributed by atoms with Crippen LogP contribution in [0.3, 0.4) is 0 Å². The van der Waals surface area contributed by atoms with E-state index in [4.69, 9.17) is 10.00 Å². The first-order chi connectivity index (χ1) is 7.61. The highest BCUT2D eigenvalue weighted by Crippen LogP contribution is 2.28. The second-order valence-corrected chi connectivity index (χ2v) is 3.90. The van der Waals surface area contributed by atoms with Crippen LogP contribution in [0.1, 0.15) is 22.3 Å². The van der Waals surface area contributed by atoms with Crippen molar-refractivity contribution in [3.63, 3.8) is 0 Å². The minimum absolute atomic E-state index is 0.379. The second-order valence-electron chi connectivity index (χ2n) is 3.90. The van der Waals surface area contributed by atoms with Gasteiger partial charge in [-0.3, -0.25) is 0 Å². The summed E-state index contributed by atoms with van der Waals surface area (Å²) >= 11 is 0. The van der Waals surface area contributed by atoms with Gasteiger partial charge in [0, 0.05) is 6.54 Å². The van der Waals surface area contributed by atoms with Crippen LogP contribution in [0.2, 0.25) is 0 Å². The molecule has 0 unspecified atom stereocenters. The first-order valence-electron chi connectivity index (χ1n) is 5.33. The third-order valence-electron chi connectivity index (χ3n) is 2.86. The smallest absolute Gasteiger partial charge is 0.124 e. The van der Waals surface area contributed by atoms with Crippen molar-refractivity contribution in [2.75, 3.05) is 13.7 Å². The van der Waals surface area contributed by atoms with Gasteiger partial charge in [0.25, 0.3) is 0 Å². The van der Waals surface area contributed by atoms with Crippen LogP contribution in [0.5, 0.6) is 5.75 Å². The molecule has 0 heterocycles. The van der Waals surface area contributed by atoms with Crippen molar-refractivity contribution in [1.82, 2.24) is 5.32 Å². The Morgan fingerprint density at radius 2 is 2.00 bits per heavy atom. The molecule has 0 saturated heterocycles. The summed E-state index contributed by atoms with van der Waals surface area (Å²) in [6.45, 7) is 7.29. The minimum Gasteiger partial charge on any atom is -0.496 e. The summed E-state index contributed by atoms with van der Waals surface area (Å²) in [6, 6.07) is 4.19. The van der Waals surface area contributed by atoms with Crippen molar-refractivity contribution in [2.24, 2.45) is 0 Å². The molecule has 1 aromatic rings. The lowest BCUT2D eigenvalue weighted by Crippen LogP contribution is -2.14. The third kappa shape index (κ3) is 2.53. The average molecular weight is 218 g/mol. The Hall–Kier alpha value is -1.53. The van der Waals surface area contributed by atoms with Crippen molar-refractivity contribution in [3.8, 4) is 11.8 Å². The van der Waals surface area contributed by atoms with Crippen LogP contribution in [0.15, 0.2) is 6.07 Å². The van der Waals surface area contributed by atoms with Crippen LogP contribution in [-0.4, -0.2) is 13.7 Å². The maximum atomic E-state index is 8.47. The summed E-state index contributed by atoms with van der Waals surface area (Å²) < 4.78 is 5.36. The molecular formula is C13H18N2O. The maximum absolute atomic E-state index is 8.47. The molecule has 1 aromatic carbocycles. The third-order valence-corrected chi connectivity index (χ3v) is 2.86. The molecule has 3 heteroatoms. The minimum atomic E-state index is 0.379. The zero-order valence-electron chi connectivity index (χ0n) is 10.3. The average Bonchev–Trinajstić information content (AvgIpc) is 2.26. The first kappa shape index (κ1) is 12.5. The largest absolute Gasteiger partial charge is 0.496 e. The number of hydrogen-bond donors (Lipinski definition) is 1. The van der Waals surface area contributed by atoms with E-state index >= 15 is 0 Å². The highest BCUT2D eigenvalue weighted by Gasteiger charge is 2.09. The van der Waals surface area contributed by atoms with Crippen LogP contribution in [0, 0.1) is 32.1 Å². The number of benzene rings is 1. The predicted octanol–water partition coefficient (Wildman–Crippen LogP) is 2.23. The highest BCUT2D eigenvalue weighted by molar-refractivity contribution is 5.48. The summed E-state index contributed by atoms with van der Waals surface area (Å²) in [4.78, 5) is 0. The summed E-state index contributed by atoms with van der Waals surface area (Å²) in [5.74, 6) is 0.960. The van der Waals surface area contributed by atoms with E-state index < -0.39 is 0 Å². The molecule has 0 fully saturated rings. The Balaban J connectivity index is 3.00. The van der Waals surface area contributed by atoms with Crippen LogP contribution >= 0.6 is 0 Å². The van der Waals surface area contributed by atoms with E-state index in [1.54, 1.807) is 7.11 Å². The lowest BCUT2D eigenvalue weighted by Gasteiger charge is -2.15. The molecule has 1 N–H and O–H groups in total. The summed E-state index contributed by atoms with van der Waals surface area (Å²) in [6.07, 6.45) is 0. The van der Waals surface area contributed by atoms with Gasteiger partial charge in [-0.2, -0.15) is 5.26 Å². The molecule has 0 spiro atoms. The van der Waals surface area contributed by atoms with Gasteiger partial charge >= 0.3 is 0 Å². The number of hydrogen-bond acceptors (Lipinski definition) is 3. The van der Waals surface area contributed by atoms with Gasteiger partial charge in [0.1, 0.15) is 5.75 Å². The molecule has 0 aromatic heterocycles. The monoisotopic (exact) mass is 218 g/mol. The van der Waals surface area contributed by atoms with Crippen molar-refractivity contribution in [2.45, 2.75) is 27.3 Å². The van der Waals surface area contributed by atoms with Crippen LogP contribution in [-0.2, 0) is 6.54 Å². The molecule has 0 amide bonds. The predicted molar refractivity (Wildman–Crippen MR) is 64.5 cm³/mol. The topological polar surface area (TPSA) is 45.0 Å². The number of ether oxygens (including phenoxy) is 1. The van der Waals surface area contributed by atoms with E-state index in [-0.39, 0.29) is 0 Å². The SMILES string of the molecule is COc1c(C)cc(CNCC#N)c(C)c1C. The normalized spacial score (nSPS) is 9.94. The van der Waals surface area contributed by atoms with E-state index in [9.17, 15) is 0 Å². The van der Waals surface area contributed by atoms with Crippen molar-refractivity contribution in [3.05, 3.63) is 28.3 Å². The Labute approximate surface area is 97.0 Å². The van der Waals surface area contributed by atoms with Gasteiger partial charge < -0.3 is 10.1 Å². The van der Waals surface area contributed by atoms with E-state index in [1.165, 1.54) is 16.7 Å². The van der Waals surface area contributed by atoms with Gasteiger partial charge in [0.05, 0.1) is 19.7 Å². The van der Waals surface area contributed by atoms with E-state index in [0.717, 1.165) is 17.9 Å². The zero-order valence-corrected chi connectivity index (χ0v) is 10.3. The standard InChI is InChI=1S/C13H18N2O/c1-9-7-12(8-15-6-5-14)10(2)11(3)13(9)16-4/h7,15H,6,8H2,1-4H3. The zero-order chi connectivity index (χ0) is 12.1. The fourth-order valence-electron chi connectivity index (χ4n) is 1.89. The molecule has 3 nitrogen and oxygen atoms in total. The van der Waals surface area contributed by atoms with Gasteiger partial charge in [-0.1, -0.05) is 6.07 Å². The Morgan fingerprint density at radius 3 is 2.56 bits per heavy atom. The number of nitriles is 1. The number of nitrogens with one attached hydrogen (secondary N) is 1. The molecule has 86 valence electrons. The fourth-order valence-corrected chi connectivity index (χ4v) is 1.89. The molecular weight excluding hydrogens is 200 g/mol. The molecule has 1 rings (SSSR count). The highest BCUT2D eigenvalue weighted by atomic mass is 16.5. The first-order valence-corrected chi connectivity index (χ1v) is 5.33. The number of methoxy groups -OCH3 is 1. The van der Waals surface area contributed by atoms with Gasteiger partial charge in [0.15, 0.2) is 0 Å². The Morgan fingerprint density at radius 1 is 1.31 bits per heavy atom.